The maximum absolute atomic E-state index is 11.7. The topological polar surface area (TPSA) is 94.6 Å². The molecule has 23 heavy (non-hydrogen) atoms. The van der Waals surface area contributed by atoms with Crippen LogP contribution in [-0.4, -0.2) is 17.4 Å². The number of rotatable bonds is 7. The number of aryl methyl sites for hydroxylation is 1. The van der Waals surface area contributed by atoms with Crippen molar-refractivity contribution < 1.29 is 18.9 Å². The van der Waals surface area contributed by atoms with Crippen LogP contribution >= 0.6 is 0 Å². The third-order valence-electron chi connectivity index (χ3n) is 3.04. The molecule has 0 aliphatic rings. The van der Waals surface area contributed by atoms with E-state index < -0.39 is 4.92 Å². The Morgan fingerprint density at radius 2 is 2.22 bits per heavy atom. The van der Waals surface area contributed by atoms with Crippen LogP contribution < -0.4 is 10.1 Å². The molecule has 1 amide bonds. The molecule has 1 aromatic heterocycles. The number of benzene rings is 1. The number of hydrogen-bond donors (Lipinski definition) is 1. The van der Waals surface area contributed by atoms with Gasteiger partial charge in [0.05, 0.1) is 4.92 Å². The molecule has 2 rings (SSSR count). The molecule has 7 heteroatoms. The van der Waals surface area contributed by atoms with Gasteiger partial charge in [-0.2, -0.15) is 0 Å². The van der Waals surface area contributed by atoms with Crippen LogP contribution in [0.4, 0.5) is 5.69 Å². The van der Waals surface area contributed by atoms with Gasteiger partial charge in [0.15, 0.2) is 5.76 Å². The van der Waals surface area contributed by atoms with Gasteiger partial charge in [0.1, 0.15) is 18.1 Å². The van der Waals surface area contributed by atoms with Gasteiger partial charge in [-0.25, -0.2) is 0 Å². The lowest BCUT2D eigenvalue weighted by Crippen LogP contribution is -2.22. The molecule has 7 nitrogen and oxygen atoms in total. The van der Waals surface area contributed by atoms with Crippen LogP contribution in [-0.2, 0) is 6.61 Å². The predicted molar refractivity (Wildman–Crippen MR) is 83.4 cm³/mol. The summed E-state index contributed by atoms with van der Waals surface area (Å²) in [6.45, 7) is 5.62. The first-order valence-electron chi connectivity index (χ1n) is 6.87. The number of furan rings is 1. The van der Waals surface area contributed by atoms with Gasteiger partial charge in [-0.3, -0.25) is 14.9 Å². The van der Waals surface area contributed by atoms with E-state index in [-0.39, 0.29) is 24.0 Å². The van der Waals surface area contributed by atoms with Crippen molar-refractivity contribution in [1.82, 2.24) is 5.32 Å². The van der Waals surface area contributed by atoms with E-state index in [9.17, 15) is 14.9 Å². The van der Waals surface area contributed by atoms with E-state index in [0.717, 1.165) is 0 Å². The standard InChI is InChI=1S/C16H16N2O5/c1-3-8-17-16(19)15-7-5-13(23-15)10-22-12-4-6-14(18(20)21)11(2)9-12/h3-7,9H,1,8,10H2,2H3,(H,17,19). The summed E-state index contributed by atoms with van der Waals surface area (Å²) in [5.74, 6) is 0.819. The molecule has 120 valence electrons. The highest BCUT2D eigenvalue weighted by Crippen LogP contribution is 2.23. The summed E-state index contributed by atoms with van der Waals surface area (Å²) >= 11 is 0. The zero-order valence-corrected chi connectivity index (χ0v) is 12.6. The van der Waals surface area contributed by atoms with Crippen LogP contribution in [0.3, 0.4) is 0 Å². The smallest absolute Gasteiger partial charge is 0.287 e. The molecule has 2 aromatic rings. The number of hydrogen-bond acceptors (Lipinski definition) is 5. The average molecular weight is 316 g/mol. The van der Waals surface area contributed by atoms with Gasteiger partial charge in [-0.15, -0.1) is 6.58 Å². The van der Waals surface area contributed by atoms with Crippen molar-refractivity contribution in [2.75, 3.05) is 6.54 Å². The van der Waals surface area contributed by atoms with Crippen molar-refractivity contribution in [3.63, 3.8) is 0 Å². The van der Waals surface area contributed by atoms with E-state index >= 15 is 0 Å². The third kappa shape index (κ3) is 4.19. The van der Waals surface area contributed by atoms with Crippen LogP contribution in [0.1, 0.15) is 21.9 Å². The predicted octanol–water partition coefficient (Wildman–Crippen LogP) is 2.99. The molecule has 0 spiro atoms. The second kappa shape index (κ2) is 7.26. The highest BCUT2D eigenvalue weighted by atomic mass is 16.6. The second-order valence-corrected chi connectivity index (χ2v) is 4.76. The molecule has 0 atom stereocenters. The van der Waals surface area contributed by atoms with Crippen LogP contribution in [0.25, 0.3) is 0 Å². The van der Waals surface area contributed by atoms with E-state index in [1.165, 1.54) is 12.1 Å². The normalized spacial score (nSPS) is 10.1. The minimum absolute atomic E-state index is 0.0384. The number of carbonyl (C=O) groups is 1. The molecule has 0 aliphatic heterocycles. The lowest BCUT2D eigenvalue weighted by atomic mass is 10.2. The Morgan fingerprint density at radius 3 is 2.87 bits per heavy atom. The molecular weight excluding hydrogens is 300 g/mol. The number of amides is 1. The monoisotopic (exact) mass is 316 g/mol. The van der Waals surface area contributed by atoms with E-state index in [1.54, 1.807) is 31.2 Å². The molecule has 0 saturated carbocycles. The fourth-order valence-electron chi connectivity index (χ4n) is 1.91. The number of nitrogens with one attached hydrogen (secondary N) is 1. The summed E-state index contributed by atoms with van der Waals surface area (Å²) in [6.07, 6.45) is 1.57. The Labute approximate surface area is 132 Å². The van der Waals surface area contributed by atoms with Crippen LogP contribution in [0.2, 0.25) is 0 Å². The lowest BCUT2D eigenvalue weighted by Gasteiger charge is -2.05. The second-order valence-electron chi connectivity index (χ2n) is 4.76. The molecule has 0 unspecified atom stereocenters. The van der Waals surface area contributed by atoms with E-state index in [2.05, 4.69) is 11.9 Å². The Morgan fingerprint density at radius 1 is 1.43 bits per heavy atom. The van der Waals surface area contributed by atoms with Gasteiger partial charge >= 0.3 is 0 Å². The summed E-state index contributed by atoms with van der Waals surface area (Å²) in [4.78, 5) is 22.0. The van der Waals surface area contributed by atoms with Gasteiger partial charge in [-0.05, 0) is 31.2 Å². The molecule has 0 radical (unpaired) electrons. The molecule has 0 saturated heterocycles. The lowest BCUT2D eigenvalue weighted by molar-refractivity contribution is -0.385. The molecule has 0 aliphatic carbocycles. The zero-order chi connectivity index (χ0) is 16.8. The van der Waals surface area contributed by atoms with Gasteiger partial charge < -0.3 is 14.5 Å². The molecule has 0 bridgehead atoms. The Kier molecular flexibility index (Phi) is 5.14. The third-order valence-corrected chi connectivity index (χ3v) is 3.04. The summed E-state index contributed by atoms with van der Waals surface area (Å²) < 4.78 is 10.9. The van der Waals surface area contributed by atoms with E-state index in [4.69, 9.17) is 9.15 Å². The van der Waals surface area contributed by atoms with Gasteiger partial charge in [0.2, 0.25) is 0 Å². The number of carbonyl (C=O) groups excluding carboxylic acids is 1. The minimum Gasteiger partial charge on any atom is -0.486 e. The van der Waals surface area contributed by atoms with Crippen molar-refractivity contribution in [3.05, 3.63) is 70.2 Å². The molecular formula is C16H16N2O5. The van der Waals surface area contributed by atoms with Crippen LogP contribution in [0.5, 0.6) is 5.75 Å². The van der Waals surface area contributed by atoms with Crippen molar-refractivity contribution in [2.24, 2.45) is 0 Å². The van der Waals surface area contributed by atoms with Gasteiger partial charge in [0.25, 0.3) is 11.6 Å². The number of nitro groups is 1. The molecule has 1 heterocycles. The van der Waals surface area contributed by atoms with Crippen LogP contribution in [0.15, 0.2) is 47.4 Å². The molecule has 1 aromatic carbocycles. The van der Waals surface area contributed by atoms with Gasteiger partial charge in [-0.1, -0.05) is 6.08 Å². The summed E-state index contributed by atoms with van der Waals surface area (Å²) in [5.41, 5.74) is 0.549. The molecule has 0 fully saturated rings. The zero-order valence-electron chi connectivity index (χ0n) is 12.6. The maximum atomic E-state index is 11.7. The quantitative estimate of drug-likeness (QED) is 0.481. The van der Waals surface area contributed by atoms with Crippen molar-refractivity contribution >= 4 is 11.6 Å². The van der Waals surface area contributed by atoms with Gasteiger partial charge in [0, 0.05) is 18.2 Å². The first kappa shape index (κ1) is 16.3. The summed E-state index contributed by atoms with van der Waals surface area (Å²) in [7, 11) is 0. The summed E-state index contributed by atoms with van der Waals surface area (Å²) in [5, 5.41) is 13.4. The van der Waals surface area contributed by atoms with Crippen molar-refractivity contribution in [2.45, 2.75) is 13.5 Å². The van der Waals surface area contributed by atoms with E-state index in [0.29, 0.717) is 23.6 Å². The Hall–Kier alpha value is -3.09. The summed E-state index contributed by atoms with van der Waals surface area (Å²) in [6, 6.07) is 7.69. The first-order chi connectivity index (χ1) is 11.0. The minimum atomic E-state index is -0.445. The molecule has 1 N–H and O–H groups in total. The van der Waals surface area contributed by atoms with Crippen molar-refractivity contribution in [1.29, 1.82) is 0 Å². The largest absolute Gasteiger partial charge is 0.486 e. The van der Waals surface area contributed by atoms with Crippen LogP contribution in [0, 0.1) is 17.0 Å². The Bertz CT molecular complexity index is 736. The fraction of sp³-hybridized carbons (Fsp3) is 0.188. The Balaban J connectivity index is 1.97. The number of ether oxygens (including phenoxy) is 1. The average Bonchev–Trinajstić information content (AvgIpc) is 2.99. The number of nitrogens with zero attached hydrogens (tertiary/aromatic N) is 1. The van der Waals surface area contributed by atoms with E-state index in [1.807, 2.05) is 0 Å². The first-order valence-corrected chi connectivity index (χ1v) is 6.87. The van der Waals surface area contributed by atoms with Crippen molar-refractivity contribution in [3.8, 4) is 5.75 Å². The highest BCUT2D eigenvalue weighted by Gasteiger charge is 2.12. The fourth-order valence-corrected chi connectivity index (χ4v) is 1.91. The maximum Gasteiger partial charge on any atom is 0.287 e. The number of nitro benzene ring substituents is 1. The highest BCUT2D eigenvalue weighted by molar-refractivity contribution is 5.91. The SMILES string of the molecule is C=CCNC(=O)c1ccc(COc2ccc([N+](=O)[O-])c(C)c2)o1.